The van der Waals surface area contributed by atoms with Crippen LogP contribution in [0.1, 0.15) is 17.6 Å². The normalized spacial score (nSPS) is 16.5. The number of guanidine groups is 1. The van der Waals surface area contributed by atoms with E-state index in [0.717, 1.165) is 43.4 Å². The molecule has 0 aliphatic carbocycles. The molecule has 0 atom stereocenters. The van der Waals surface area contributed by atoms with Gasteiger partial charge in [0.2, 0.25) is 0 Å². The van der Waals surface area contributed by atoms with Crippen LogP contribution in [-0.4, -0.2) is 42.1 Å². The largest absolute Gasteiger partial charge is 0.378 e. The number of nitrogens with zero attached hydrogens (tertiary/aromatic N) is 3. The molecule has 2 N–H and O–H groups in total. The second kappa shape index (κ2) is 7.90. The molecule has 1 aromatic heterocycles. The summed E-state index contributed by atoms with van der Waals surface area (Å²) < 4.78 is 5.27. The molecule has 1 fully saturated rings. The number of rotatable bonds is 3. The van der Waals surface area contributed by atoms with E-state index in [1.165, 1.54) is 0 Å². The number of aliphatic imine (C=N–C) groups is 1. The van der Waals surface area contributed by atoms with Crippen molar-refractivity contribution in [3.63, 3.8) is 0 Å². The Balaban J connectivity index is 0.00000162. The second-order valence-electron chi connectivity index (χ2n) is 3.86. The summed E-state index contributed by atoms with van der Waals surface area (Å²) in [7, 11) is 0. The summed E-state index contributed by atoms with van der Waals surface area (Å²) in [5.41, 5.74) is 6.93. The third kappa shape index (κ3) is 4.36. The smallest absolute Gasteiger partial charge is 0.191 e. The van der Waals surface area contributed by atoms with Gasteiger partial charge in [-0.1, -0.05) is 6.92 Å². The number of nitrogens with two attached hydrogens (primary N) is 1. The maximum absolute atomic E-state index is 5.93. The van der Waals surface area contributed by atoms with Gasteiger partial charge in [0.15, 0.2) is 5.96 Å². The van der Waals surface area contributed by atoms with Gasteiger partial charge in [0.1, 0.15) is 0 Å². The lowest BCUT2D eigenvalue weighted by Crippen LogP contribution is -2.44. The van der Waals surface area contributed by atoms with Crippen LogP contribution < -0.4 is 5.73 Å². The van der Waals surface area contributed by atoms with Crippen molar-refractivity contribution in [2.24, 2.45) is 10.7 Å². The zero-order valence-electron chi connectivity index (χ0n) is 10.5. The van der Waals surface area contributed by atoms with Crippen molar-refractivity contribution < 1.29 is 4.74 Å². The van der Waals surface area contributed by atoms with Crippen molar-refractivity contribution >= 4 is 41.3 Å². The zero-order valence-corrected chi connectivity index (χ0v) is 13.6. The fourth-order valence-corrected chi connectivity index (χ4v) is 2.37. The van der Waals surface area contributed by atoms with Gasteiger partial charge in [0, 0.05) is 18.5 Å². The van der Waals surface area contributed by atoms with E-state index in [0.29, 0.717) is 12.5 Å². The van der Waals surface area contributed by atoms with Crippen LogP contribution in [0.4, 0.5) is 0 Å². The standard InChI is InChI=1S/C11H18N4OS.HI/c1-2-10-14-9(8-17-10)7-13-11(12)15-3-5-16-6-4-15;/h8H,2-7H2,1H3,(H2,12,13);1H. The zero-order chi connectivity index (χ0) is 12.1. The Morgan fingerprint density at radius 1 is 1.56 bits per heavy atom. The van der Waals surface area contributed by atoms with Gasteiger partial charge in [-0.25, -0.2) is 9.98 Å². The van der Waals surface area contributed by atoms with Gasteiger partial charge in [-0.15, -0.1) is 35.3 Å². The molecule has 5 nitrogen and oxygen atoms in total. The summed E-state index contributed by atoms with van der Waals surface area (Å²) in [5.74, 6) is 0.597. The SMILES string of the molecule is CCc1nc(CN=C(N)N2CCOCC2)cs1.I. The highest BCUT2D eigenvalue weighted by Gasteiger charge is 2.12. The molecule has 1 aromatic rings. The molecule has 0 saturated carbocycles. The number of thiazole rings is 1. The topological polar surface area (TPSA) is 63.7 Å². The number of ether oxygens (including phenoxy) is 1. The highest BCUT2D eigenvalue weighted by molar-refractivity contribution is 14.0. The van der Waals surface area contributed by atoms with Crippen molar-refractivity contribution in [2.45, 2.75) is 19.9 Å². The minimum atomic E-state index is 0. The lowest BCUT2D eigenvalue weighted by Gasteiger charge is -2.27. The minimum absolute atomic E-state index is 0. The van der Waals surface area contributed by atoms with Crippen molar-refractivity contribution in [1.29, 1.82) is 0 Å². The van der Waals surface area contributed by atoms with Crippen LogP contribution >= 0.6 is 35.3 Å². The van der Waals surface area contributed by atoms with E-state index in [-0.39, 0.29) is 24.0 Å². The molecule has 102 valence electrons. The maximum Gasteiger partial charge on any atom is 0.191 e. The summed E-state index contributed by atoms with van der Waals surface area (Å²) in [6.45, 7) is 5.78. The molecule has 1 aliphatic rings. The van der Waals surface area contributed by atoms with Gasteiger partial charge in [-0.3, -0.25) is 0 Å². The van der Waals surface area contributed by atoms with Gasteiger partial charge in [-0.2, -0.15) is 0 Å². The highest BCUT2D eigenvalue weighted by Crippen LogP contribution is 2.11. The van der Waals surface area contributed by atoms with Gasteiger partial charge in [0.25, 0.3) is 0 Å². The quantitative estimate of drug-likeness (QED) is 0.489. The number of morpholine rings is 1. The number of aryl methyl sites for hydroxylation is 1. The molecular weight excluding hydrogens is 363 g/mol. The monoisotopic (exact) mass is 382 g/mol. The summed E-state index contributed by atoms with van der Waals surface area (Å²) in [6.07, 6.45) is 0.979. The summed E-state index contributed by atoms with van der Waals surface area (Å²) in [6, 6.07) is 0. The van der Waals surface area contributed by atoms with Crippen LogP contribution in [0.25, 0.3) is 0 Å². The first-order valence-electron chi connectivity index (χ1n) is 5.85. The van der Waals surface area contributed by atoms with Crippen LogP contribution in [0.15, 0.2) is 10.4 Å². The Bertz CT molecular complexity index is 390. The molecule has 0 radical (unpaired) electrons. The fourth-order valence-electron chi connectivity index (χ4n) is 1.64. The predicted molar refractivity (Wildman–Crippen MR) is 84.6 cm³/mol. The Morgan fingerprint density at radius 3 is 2.89 bits per heavy atom. The van der Waals surface area contributed by atoms with Crippen molar-refractivity contribution in [1.82, 2.24) is 9.88 Å². The molecule has 0 spiro atoms. The van der Waals surface area contributed by atoms with E-state index < -0.39 is 0 Å². The molecule has 2 rings (SSSR count). The van der Waals surface area contributed by atoms with Crippen LogP contribution in [0, 0.1) is 0 Å². The average Bonchev–Trinajstić information content (AvgIpc) is 2.85. The molecule has 7 heteroatoms. The summed E-state index contributed by atoms with van der Waals surface area (Å²) in [4.78, 5) is 10.9. The molecular formula is C11H19IN4OS. The van der Waals surface area contributed by atoms with E-state index in [1.54, 1.807) is 11.3 Å². The molecule has 0 amide bonds. The third-order valence-electron chi connectivity index (χ3n) is 2.64. The first-order valence-corrected chi connectivity index (χ1v) is 6.73. The van der Waals surface area contributed by atoms with E-state index in [2.05, 4.69) is 27.2 Å². The minimum Gasteiger partial charge on any atom is -0.378 e. The number of aromatic nitrogens is 1. The van der Waals surface area contributed by atoms with Crippen molar-refractivity contribution in [3.05, 3.63) is 16.1 Å². The Hall–Kier alpha value is -0.410. The second-order valence-corrected chi connectivity index (χ2v) is 4.80. The molecule has 18 heavy (non-hydrogen) atoms. The Kier molecular flexibility index (Phi) is 6.87. The maximum atomic E-state index is 5.93. The lowest BCUT2D eigenvalue weighted by molar-refractivity contribution is 0.0674. The average molecular weight is 382 g/mol. The molecule has 1 aliphatic heterocycles. The predicted octanol–water partition coefficient (Wildman–Crippen LogP) is 1.47. The Labute approximate surface area is 128 Å². The summed E-state index contributed by atoms with van der Waals surface area (Å²) in [5, 5.41) is 3.20. The third-order valence-corrected chi connectivity index (χ3v) is 3.68. The summed E-state index contributed by atoms with van der Waals surface area (Å²) >= 11 is 1.68. The Morgan fingerprint density at radius 2 is 2.28 bits per heavy atom. The number of halogens is 1. The van der Waals surface area contributed by atoms with Gasteiger partial charge in [0.05, 0.1) is 30.5 Å². The van der Waals surface area contributed by atoms with Crippen LogP contribution in [0.2, 0.25) is 0 Å². The van der Waals surface area contributed by atoms with Crippen LogP contribution in [0.3, 0.4) is 0 Å². The van der Waals surface area contributed by atoms with E-state index >= 15 is 0 Å². The van der Waals surface area contributed by atoms with Crippen molar-refractivity contribution in [3.8, 4) is 0 Å². The molecule has 2 heterocycles. The first kappa shape index (κ1) is 15.6. The fraction of sp³-hybridized carbons (Fsp3) is 0.636. The molecule has 0 aromatic carbocycles. The highest BCUT2D eigenvalue weighted by atomic mass is 127. The lowest BCUT2D eigenvalue weighted by atomic mass is 10.4. The van der Waals surface area contributed by atoms with Crippen LogP contribution in [0.5, 0.6) is 0 Å². The van der Waals surface area contributed by atoms with Gasteiger partial charge in [-0.05, 0) is 6.42 Å². The van der Waals surface area contributed by atoms with Gasteiger partial charge < -0.3 is 15.4 Å². The number of hydrogen-bond donors (Lipinski definition) is 1. The van der Waals surface area contributed by atoms with Crippen LogP contribution in [-0.2, 0) is 17.7 Å². The van der Waals surface area contributed by atoms with E-state index in [1.807, 2.05) is 0 Å². The van der Waals surface area contributed by atoms with Gasteiger partial charge >= 0.3 is 0 Å². The van der Waals surface area contributed by atoms with E-state index in [4.69, 9.17) is 10.5 Å². The first-order chi connectivity index (χ1) is 8.29. The van der Waals surface area contributed by atoms with Crippen molar-refractivity contribution in [2.75, 3.05) is 26.3 Å². The molecule has 1 saturated heterocycles. The molecule has 0 unspecified atom stereocenters. The van der Waals surface area contributed by atoms with E-state index in [9.17, 15) is 0 Å². The number of hydrogen-bond acceptors (Lipinski definition) is 4. The molecule has 0 bridgehead atoms.